The van der Waals surface area contributed by atoms with Gasteiger partial charge >= 0.3 is 5.97 Å². The molecule has 1 amide bonds. The van der Waals surface area contributed by atoms with Crippen LogP contribution < -0.4 is 5.32 Å². The van der Waals surface area contributed by atoms with E-state index in [1.807, 2.05) is 30.3 Å². The van der Waals surface area contributed by atoms with Crippen LogP contribution in [0.2, 0.25) is 15.1 Å². The van der Waals surface area contributed by atoms with Crippen molar-refractivity contribution in [1.29, 1.82) is 0 Å². The van der Waals surface area contributed by atoms with Crippen LogP contribution in [0.4, 0.5) is 5.69 Å². The third-order valence-electron chi connectivity index (χ3n) is 3.99. The number of nitrogens with one attached hydrogen (secondary N) is 1. The number of rotatable bonds is 5. The molecule has 0 spiro atoms. The van der Waals surface area contributed by atoms with E-state index in [-0.39, 0.29) is 20.8 Å². The summed E-state index contributed by atoms with van der Waals surface area (Å²) in [5.41, 5.74) is 1.80. The smallest absolute Gasteiger partial charge is 0.331 e. The number of hydrogen-bond donors (Lipinski definition) is 1. The predicted octanol–water partition coefficient (Wildman–Crippen LogP) is 5.78. The van der Waals surface area contributed by atoms with Gasteiger partial charge in [-0.15, -0.1) is 0 Å². The van der Waals surface area contributed by atoms with Gasteiger partial charge in [0.25, 0.3) is 5.91 Å². The van der Waals surface area contributed by atoms with Crippen LogP contribution >= 0.6 is 34.8 Å². The van der Waals surface area contributed by atoms with Crippen LogP contribution in [0.15, 0.2) is 54.7 Å². The average Bonchev–Trinajstić information content (AvgIpc) is 2.70. The number of amides is 1. The number of carbonyl (C=O) groups is 2. The molecule has 148 valence electrons. The van der Waals surface area contributed by atoms with Gasteiger partial charge in [0.2, 0.25) is 0 Å². The molecule has 0 saturated heterocycles. The molecule has 3 aromatic rings. The highest BCUT2D eigenvalue weighted by Crippen LogP contribution is 2.32. The van der Waals surface area contributed by atoms with Gasteiger partial charge in [-0.05, 0) is 31.2 Å². The molecule has 0 aliphatic rings. The molecule has 1 N–H and O–H groups in total. The highest BCUT2D eigenvalue weighted by atomic mass is 35.5. The molecule has 0 radical (unpaired) electrons. The summed E-state index contributed by atoms with van der Waals surface area (Å²) < 4.78 is 5.15. The molecule has 0 aliphatic heterocycles. The van der Waals surface area contributed by atoms with E-state index in [0.29, 0.717) is 0 Å². The summed E-state index contributed by atoms with van der Waals surface area (Å²) in [7, 11) is 0. The van der Waals surface area contributed by atoms with Crippen molar-refractivity contribution in [2.45, 2.75) is 13.0 Å². The minimum atomic E-state index is -1.05. The van der Waals surface area contributed by atoms with Gasteiger partial charge in [-0.2, -0.15) is 0 Å². The molecule has 0 saturated carbocycles. The Balaban J connectivity index is 1.65. The van der Waals surface area contributed by atoms with Crippen LogP contribution in [0.5, 0.6) is 0 Å². The van der Waals surface area contributed by atoms with E-state index in [2.05, 4.69) is 10.3 Å². The molecule has 1 heterocycles. The topological polar surface area (TPSA) is 68.3 Å². The van der Waals surface area contributed by atoms with E-state index < -0.39 is 18.0 Å². The van der Waals surface area contributed by atoms with E-state index in [9.17, 15) is 9.59 Å². The zero-order valence-electron chi connectivity index (χ0n) is 15.2. The number of carbonyl (C=O) groups excluding carboxylic acids is 2. The molecule has 3 rings (SSSR count). The van der Waals surface area contributed by atoms with E-state index in [4.69, 9.17) is 39.5 Å². The Morgan fingerprint density at radius 2 is 1.79 bits per heavy atom. The number of aromatic nitrogens is 1. The number of halogens is 3. The summed E-state index contributed by atoms with van der Waals surface area (Å²) in [5, 5.41) is 4.23. The van der Waals surface area contributed by atoms with Crippen molar-refractivity contribution in [3.8, 4) is 0 Å². The number of fused-ring (bicyclic) bond motifs is 1. The Bertz CT molecular complexity index is 1110. The van der Waals surface area contributed by atoms with Gasteiger partial charge in [-0.3, -0.25) is 9.78 Å². The molecule has 1 aromatic heterocycles. The monoisotopic (exact) mass is 448 g/mol. The van der Waals surface area contributed by atoms with E-state index in [0.717, 1.165) is 16.5 Å². The summed E-state index contributed by atoms with van der Waals surface area (Å²) in [5.74, 6) is -1.22. The summed E-state index contributed by atoms with van der Waals surface area (Å²) in [6.45, 7) is 1.45. The number of ether oxygens (including phenoxy) is 1. The summed E-state index contributed by atoms with van der Waals surface area (Å²) >= 11 is 17.8. The summed E-state index contributed by atoms with van der Waals surface area (Å²) in [6.07, 6.45) is 3.47. The van der Waals surface area contributed by atoms with Crippen LogP contribution in [0.1, 0.15) is 12.5 Å². The number of esters is 1. The van der Waals surface area contributed by atoms with Gasteiger partial charge in [-0.1, -0.05) is 59.1 Å². The second kappa shape index (κ2) is 9.27. The number of para-hydroxylation sites is 1. The minimum Gasteiger partial charge on any atom is -0.449 e. The molecule has 29 heavy (non-hydrogen) atoms. The lowest BCUT2D eigenvalue weighted by Gasteiger charge is -2.14. The van der Waals surface area contributed by atoms with Gasteiger partial charge in [0, 0.05) is 23.2 Å². The van der Waals surface area contributed by atoms with Gasteiger partial charge < -0.3 is 10.1 Å². The molecule has 5 nitrogen and oxygen atoms in total. The zero-order chi connectivity index (χ0) is 21.0. The fraction of sp³-hybridized carbons (Fsp3) is 0.0952. The third kappa shape index (κ3) is 5.26. The summed E-state index contributed by atoms with van der Waals surface area (Å²) in [4.78, 5) is 28.7. The fourth-order valence-corrected chi connectivity index (χ4v) is 3.13. The number of hydrogen-bond acceptors (Lipinski definition) is 4. The Morgan fingerprint density at radius 1 is 1.07 bits per heavy atom. The second-order valence-electron chi connectivity index (χ2n) is 6.07. The maximum atomic E-state index is 12.3. The first kappa shape index (κ1) is 21.1. The largest absolute Gasteiger partial charge is 0.449 e. The maximum Gasteiger partial charge on any atom is 0.331 e. The highest BCUT2D eigenvalue weighted by Gasteiger charge is 2.18. The lowest BCUT2D eigenvalue weighted by Crippen LogP contribution is -2.29. The van der Waals surface area contributed by atoms with E-state index in [1.54, 1.807) is 12.3 Å². The quantitative estimate of drug-likeness (QED) is 0.305. The van der Waals surface area contributed by atoms with Crippen molar-refractivity contribution < 1.29 is 14.3 Å². The van der Waals surface area contributed by atoms with Crippen molar-refractivity contribution in [2.24, 2.45) is 0 Å². The van der Waals surface area contributed by atoms with Gasteiger partial charge in [-0.25, -0.2) is 4.79 Å². The maximum absolute atomic E-state index is 12.3. The molecular formula is C21H15Cl3N2O3. The first-order chi connectivity index (χ1) is 13.8. The normalized spacial score (nSPS) is 12.1. The first-order valence-corrected chi connectivity index (χ1v) is 9.66. The van der Waals surface area contributed by atoms with Crippen LogP contribution in [0.25, 0.3) is 17.0 Å². The molecule has 1 atom stereocenters. The van der Waals surface area contributed by atoms with Gasteiger partial charge in [0.1, 0.15) is 0 Å². The number of benzene rings is 2. The molecule has 8 heteroatoms. The van der Waals surface area contributed by atoms with Crippen LogP contribution in [0, 0.1) is 0 Å². The molecular weight excluding hydrogens is 435 g/mol. The highest BCUT2D eigenvalue weighted by molar-refractivity contribution is 6.44. The number of anilines is 1. The lowest BCUT2D eigenvalue weighted by molar-refractivity contribution is -0.148. The van der Waals surface area contributed by atoms with E-state index in [1.165, 1.54) is 25.1 Å². The van der Waals surface area contributed by atoms with E-state index >= 15 is 0 Å². The SMILES string of the molecule is CC(OC(=O)/C=C/c1cccc2cccnc12)C(=O)Nc1cc(Cl)c(Cl)cc1Cl. The van der Waals surface area contributed by atoms with Crippen molar-refractivity contribution in [2.75, 3.05) is 5.32 Å². The minimum absolute atomic E-state index is 0.217. The van der Waals surface area contributed by atoms with Crippen LogP contribution in [0.3, 0.4) is 0 Å². The fourth-order valence-electron chi connectivity index (χ4n) is 2.54. The average molecular weight is 450 g/mol. The summed E-state index contributed by atoms with van der Waals surface area (Å²) in [6, 6.07) is 12.2. The Hall–Kier alpha value is -2.60. The Kier molecular flexibility index (Phi) is 6.75. The molecule has 1 unspecified atom stereocenters. The molecule has 0 fully saturated rings. The molecule has 0 aliphatic carbocycles. The van der Waals surface area contributed by atoms with Crippen molar-refractivity contribution in [3.05, 3.63) is 75.4 Å². The lowest BCUT2D eigenvalue weighted by atomic mass is 10.1. The number of pyridine rings is 1. The van der Waals surface area contributed by atoms with Crippen molar-refractivity contribution in [3.63, 3.8) is 0 Å². The van der Waals surface area contributed by atoms with Crippen LogP contribution in [-0.2, 0) is 14.3 Å². The Labute approximate surface area is 182 Å². The Morgan fingerprint density at radius 3 is 2.59 bits per heavy atom. The van der Waals surface area contributed by atoms with Gasteiger partial charge in [0.05, 0.1) is 26.3 Å². The number of nitrogens with zero attached hydrogens (tertiary/aromatic N) is 1. The third-order valence-corrected chi connectivity index (χ3v) is 5.03. The zero-order valence-corrected chi connectivity index (χ0v) is 17.4. The van der Waals surface area contributed by atoms with Crippen molar-refractivity contribution in [1.82, 2.24) is 4.98 Å². The first-order valence-electron chi connectivity index (χ1n) is 8.53. The van der Waals surface area contributed by atoms with Gasteiger partial charge in [0.15, 0.2) is 6.10 Å². The van der Waals surface area contributed by atoms with Crippen molar-refractivity contribution >= 4 is 69.3 Å². The molecule has 2 aromatic carbocycles. The predicted molar refractivity (Wildman–Crippen MR) is 116 cm³/mol. The second-order valence-corrected chi connectivity index (χ2v) is 7.29. The van der Waals surface area contributed by atoms with Crippen LogP contribution in [-0.4, -0.2) is 23.0 Å². The standard InChI is InChI=1S/C21H15Cl3N2O3/c1-12(21(28)26-18-11-16(23)15(22)10-17(18)24)29-19(27)8-7-14-5-2-4-13-6-3-9-25-20(13)14/h2-12H,1H3,(H,26,28)/b8-7+. The molecule has 0 bridgehead atoms.